The fourth-order valence-electron chi connectivity index (χ4n) is 4.49. The molecule has 2 nitrogen and oxygen atoms in total. The Bertz CT molecular complexity index is 865. The third kappa shape index (κ3) is 2.05. The molecule has 0 bridgehead atoms. The van der Waals surface area contributed by atoms with E-state index < -0.39 is 0 Å². The number of fused-ring (bicyclic) bond motifs is 4. The van der Waals surface area contributed by atoms with E-state index in [0.717, 1.165) is 17.7 Å². The fraction of sp³-hybridized carbons (Fsp3) is 0.286. The largest absolute Gasteiger partial charge is 0.367 e. The van der Waals surface area contributed by atoms with Gasteiger partial charge < -0.3 is 5.32 Å². The van der Waals surface area contributed by atoms with Crippen molar-refractivity contribution in [1.82, 2.24) is 4.98 Å². The predicted octanol–water partition coefficient (Wildman–Crippen LogP) is 4.77. The van der Waals surface area contributed by atoms with Crippen LogP contribution in [0, 0.1) is 5.92 Å². The number of rotatable bonds is 2. The summed E-state index contributed by atoms with van der Waals surface area (Å²) in [4.78, 5) is 4.60. The summed E-state index contributed by atoms with van der Waals surface area (Å²) in [6.07, 6.45) is 5.66. The minimum absolute atomic E-state index is 0.562. The van der Waals surface area contributed by atoms with Gasteiger partial charge in [0, 0.05) is 17.6 Å². The number of aryl methyl sites for hydroxylation is 1. The van der Waals surface area contributed by atoms with Gasteiger partial charge in [-0.1, -0.05) is 48.5 Å². The van der Waals surface area contributed by atoms with Gasteiger partial charge in [0.05, 0.1) is 0 Å². The van der Waals surface area contributed by atoms with Gasteiger partial charge >= 0.3 is 0 Å². The number of hydrogen-bond acceptors (Lipinski definition) is 2. The Morgan fingerprint density at radius 2 is 1.83 bits per heavy atom. The lowest BCUT2D eigenvalue weighted by molar-refractivity contribution is 0.194. The summed E-state index contributed by atoms with van der Waals surface area (Å²) in [5, 5.41) is 6.23. The molecule has 1 aromatic heterocycles. The molecule has 0 radical (unpaired) electrons. The first-order valence-corrected chi connectivity index (χ1v) is 8.58. The van der Waals surface area contributed by atoms with Gasteiger partial charge in [-0.05, 0) is 53.7 Å². The van der Waals surface area contributed by atoms with Gasteiger partial charge in [0.1, 0.15) is 5.82 Å². The molecule has 0 spiro atoms. The molecule has 2 aromatic carbocycles. The van der Waals surface area contributed by atoms with Crippen molar-refractivity contribution in [1.29, 1.82) is 0 Å². The van der Waals surface area contributed by atoms with E-state index in [0.29, 0.717) is 6.04 Å². The molecule has 114 valence electrons. The Hall–Kier alpha value is -2.35. The molecule has 0 saturated heterocycles. The highest BCUT2D eigenvalue weighted by Crippen LogP contribution is 2.50. The van der Waals surface area contributed by atoms with Crippen LogP contribution in [-0.2, 0) is 6.42 Å². The van der Waals surface area contributed by atoms with Crippen molar-refractivity contribution in [2.45, 2.75) is 31.2 Å². The first-order valence-electron chi connectivity index (χ1n) is 8.58. The number of pyridine rings is 1. The maximum Gasteiger partial charge on any atom is 0.134 e. The zero-order valence-electron chi connectivity index (χ0n) is 13.1. The molecule has 2 aliphatic carbocycles. The van der Waals surface area contributed by atoms with E-state index in [1.165, 1.54) is 30.0 Å². The first-order chi connectivity index (χ1) is 11.4. The Balaban J connectivity index is 1.41. The van der Waals surface area contributed by atoms with E-state index in [4.69, 9.17) is 0 Å². The van der Waals surface area contributed by atoms with Crippen molar-refractivity contribution < 1.29 is 0 Å². The Morgan fingerprint density at radius 1 is 0.957 bits per heavy atom. The van der Waals surface area contributed by atoms with Crippen molar-refractivity contribution in [3.05, 3.63) is 71.9 Å². The van der Waals surface area contributed by atoms with Crippen molar-refractivity contribution in [3.8, 4) is 0 Å². The van der Waals surface area contributed by atoms with Gasteiger partial charge in [-0.3, -0.25) is 0 Å². The highest BCUT2D eigenvalue weighted by Gasteiger charge is 2.44. The van der Waals surface area contributed by atoms with Gasteiger partial charge in [-0.15, -0.1) is 0 Å². The minimum Gasteiger partial charge on any atom is -0.367 e. The Kier molecular flexibility index (Phi) is 2.90. The summed E-state index contributed by atoms with van der Waals surface area (Å²) in [7, 11) is 0. The van der Waals surface area contributed by atoms with Crippen LogP contribution in [0.2, 0.25) is 0 Å². The summed E-state index contributed by atoms with van der Waals surface area (Å²) in [6.45, 7) is 0. The van der Waals surface area contributed by atoms with E-state index in [1.807, 2.05) is 6.20 Å². The van der Waals surface area contributed by atoms with Crippen LogP contribution in [0.25, 0.3) is 10.8 Å². The molecular formula is C21H20N2. The standard InChI is InChI=1S/C21H20N2/c1-3-7-16-14(5-1)9-10-18-19(16)13-20(18)23-21-17-8-4-2-6-15(17)11-12-22-21/h1-8,11-12,18-20H,9-10,13H2,(H,22,23). The monoisotopic (exact) mass is 300 g/mol. The van der Waals surface area contributed by atoms with E-state index in [-0.39, 0.29) is 0 Å². The zero-order chi connectivity index (χ0) is 15.2. The molecule has 5 rings (SSSR count). The maximum atomic E-state index is 4.60. The lowest BCUT2D eigenvalue weighted by Crippen LogP contribution is -2.47. The molecule has 1 heterocycles. The van der Waals surface area contributed by atoms with Crippen molar-refractivity contribution in [2.75, 3.05) is 5.32 Å². The average Bonchev–Trinajstić information content (AvgIpc) is 2.59. The lowest BCUT2D eigenvalue weighted by atomic mass is 9.60. The number of nitrogens with one attached hydrogen (secondary N) is 1. The molecule has 1 saturated carbocycles. The third-order valence-electron chi connectivity index (χ3n) is 5.74. The molecule has 2 heteroatoms. The third-order valence-corrected chi connectivity index (χ3v) is 5.74. The fourth-order valence-corrected chi connectivity index (χ4v) is 4.49. The van der Waals surface area contributed by atoms with Crippen LogP contribution < -0.4 is 5.32 Å². The average molecular weight is 300 g/mol. The topological polar surface area (TPSA) is 24.9 Å². The minimum atomic E-state index is 0.562. The van der Waals surface area contributed by atoms with Crippen LogP contribution in [-0.4, -0.2) is 11.0 Å². The van der Waals surface area contributed by atoms with Crippen LogP contribution in [0.15, 0.2) is 60.8 Å². The molecule has 1 fully saturated rings. The second-order valence-electron chi connectivity index (χ2n) is 6.88. The van der Waals surface area contributed by atoms with Gasteiger partial charge in [-0.2, -0.15) is 0 Å². The number of hydrogen-bond donors (Lipinski definition) is 1. The molecule has 3 atom stereocenters. The van der Waals surface area contributed by atoms with Gasteiger partial charge in [-0.25, -0.2) is 4.98 Å². The van der Waals surface area contributed by atoms with Crippen molar-refractivity contribution in [2.24, 2.45) is 5.92 Å². The molecule has 1 N–H and O–H groups in total. The quantitative estimate of drug-likeness (QED) is 0.737. The summed E-state index contributed by atoms with van der Waals surface area (Å²) >= 11 is 0. The van der Waals surface area contributed by atoms with Gasteiger partial charge in [0.25, 0.3) is 0 Å². The number of nitrogens with zero attached hydrogens (tertiary/aromatic N) is 1. The summed E-state index contributed by atoms with van der Waals surface area (Å²) in [6, 6.07) is 20.1. The van der Waals surface area contributed by atoms with Crippen LogP contribution in [0.4, 0.5) is 5.82 Å². The molecule has 3 aromatic rings. The van der Waals surface area contributed by atoms with E-state index >= 15 is 0 Å². The summed E-state index contributed by atoms with van der Waals surface area (Å²) in [5.74, 6) is 2.54. The molecule has 0 amide bonds. The van der Waals surface area contributed by atoms with Crippen LogP contribution in [0.5, 0.6) is 0 Å². The Morgan fingerprint density at radius 3 is 2.83 bits per heavy atom. The Labute approximate surface area is 136 Å². The predicted molar refractivity (Wildman–Crippen MR) is 94.8 cm³/mol. The SMILES string of the molecule is c1ccc2c(c1)CCC1C(Nc3nccc4ccccc34)CC21. The number of aromatic nitrogens is 1. The second-order valence-corrected chi connectivity index (χ2v) is 6.88. The summed E-state index contributed by atoms with van der Waals surface area (Å²) in [5.41, 5.74) is 3.16. The van der Waals surface area contributed by atoms with Gasteiger partial charge in [0.15, 0.2) is 0 Å². The normalized spacial score (nSPS) is 25.3. The first kappa shape index (κ1) is 13.1. The van der Waals surface area contributed by atoms with Crippen molar-refractivity contribution in [3.63, 3.8) is 0 Å². The van der Waals surface area contributed by atoms with Crippen molar-refractivity contribution >= 4 is 16.6 Å². The number of anilines is 1. The summed E-state index contributed by atoms with van der Waals surface area (Å²) < 4.78 is 0. The smallest absolute Gasteiger partial charge is 0.134 e. The molecule has 0 aliphatic heterocycles. The number of benzene rings is 2. The lowest BCUT2D eigenvalue weighted by Gasteiger charge is -2.49. The van der Waals surface area contributed by atoms with Crippen LogP contribution in [0.1, 0.15) is 29.9 Å². The molecule has 3 unspecified atom stereocenters. The molecular weight excluding hydrogens is 280 g/mol. The second kappa shape index (κ2) is 5.09. The highest BCUT2D eigenvalue weighted by atomic mass is 15.0. The molecule has 2 aliphatic rings. The maximum absolute atomic E-state index is 4.60. The zero-order valence-corrected chi connectivity index (χ0v) is 13.1. The van der Waals surface area contributed by atoms with E-state index in [9.17, 15) is 0 Å². The van der Waals surface area contributed by atoms with E-state index in [2.05, 4.69) is 64.9 Å². The highest BCUT2D eigenvalue weighted by molar-refractivity contribution is 5.91. The van der Waals surface area contributed by atoms with Gasteiger partial charge in [0.2, 0.25) is 0 Å². The van der Waals surface area contributed by atoms with Crippen LogP contribution in [0.3, 0.4) is 0 Å². The molecule has 23 heavy (non-hydrogen) atoms. The van der Waals surface area contributed by atoms with E-state index in [1.54, 1.807) is 11.1 Å². The van der Waals surface area contributed by atoms with Crippen LogP contribution >= 0.6 is 0 Å².